The third-order valence-electron chi connectivity index (χ3n) is 4.19. The van der Waals surface area contributed by atoms with Crippen molar-refractivity contribution in [2.45, 2.75) is 18.6 Å². The van der Waals surface area contributed by atoms with E-state index in [1.165, 1.54) is 16.8 Å². The number of nitrogens with zero attached hydrogens (tertiary/aromatic N) is 4. The number of carbonyl (C=O) groups excluding carboxylic acids is 1. The lowest BCUT2D eigenvalue weighted by Gasteiger charge is -2.09. The Morgan fingerprint density at radius 3 is 2.74 bits per heavy atom. The molecule has 0 saturated heterocycles. The first kappa shape index (κ1) is 17.5. The fraction of sp³-hybridized carbons (Fsp3) is 0.200. The fourth-order valence-electron chi connectivity index (χ4n) is 2.83. The van der Waals surface area contributed by atoms with E-state index in [-0.39, 0.29) is 11.7 Å². The lowest BCUT2D eigenvalue weighted by Crippen LogP contribution is -2.25. The molecular formula is C20H18N4O2S. The van der Waals surface area contributed by atoms with Gasteiger partial charge in [0.05, 0.1) is 18.0 Å². The number of benzene rings is 2. The van der Waals surface area contributed by atoms with Crippen LogP contribution in [-0.4, -0.2) is 39.1 Å². The van der Waals surface area contributed by atoms with Gasteiger partial charge in [-0.15, -0.1) is 10.2 Å². The van der Waals surface area contributed by atoms with Gasteiger partial charge in [0.25, 0.3) is 11.1 Å². The number of rotatable bonds is 5. The van der Waals surface area contributed by atoms with Crippen LogP contribution in [0.15, 0.2) is 69.3 Å². The molecule has 0 N–H and O–H groups in total. The van der Waals surface area contributed by atoms with Crippen molar-refractivity contribution >= 4 is 23.4 Å². The van der Waals surface area contributed by atoms with Crippen molar-refractivity contribution < 1.29 is 9.21 Å². The van der Waals surface area contributed by atoms with Crippen LogP contribution in [0.5, 0.6) is 0 Å². The molecule has 0 radical (unpaired) electrons. The van der Waals surface area contributed by atoms with Gasteiger partial charge in [-0.1, -0.05) is 59.8 Å². The molecule has 2 aromatic carbocycles. The van der Waals surface area contributed by atoms with Crippen molar-refractivity contribution in [2.24, 2.45) is 5.10 Å². The second-order valence-electron chi connectivity index (χ2n) is 6.21. The van der Waals surface area contributed by atoms with Gasteiger partial charge in [0, 0.05) is 12.0 Å². The highest BCUT2D eigenvalue weighted by Crippen LogP contribution is 2.24. The van der Waals surface area contributed by atoms with E-state index in [2.05, 4.69) is 15.3 Å². The van der Waals surface area contributed by atoms with E-state index in [0.717, 1.165) is 28.8 Å². The highest BCUT2D eigenvalue weighted by Gasteiger charge is 2.22. The van der Waals surface area contributed by atoms with Crippen LogP contribution >= 0.6 is 11.8 Å². The highest BCUT2D eigenvalue weighted by molar-refractivity contribution is 7.99. The normalized spacial score (nSPS) is 13.7. The van der Waals surface area contributed by atoms with Gasteiger partial charge in [-0.2, -0.15) is 5.10 Å². The minimum atomic E-state index is -0.0683. The molecule has 0 atom stereocenters. The van der Waals surface area contributed by atoms with E-state index in [1.807, 2.05) is 61.5 Å². The van der Waals surface area contributed by atoms with E-state index in [9.17, 15) is 4.79 Å². The third-order valence-corrected chi connectivity index (χ3v) is 4.99. The minimum Gasteiger partial charge on any atom is -0.411 e. The lowest BCUT2D eigenvalue weighted by molar-refractivity contribution is -0.127. The Hall–Kier alpha value is -2.93. The average Bonchev–Trinajstić information content (AvgIpc) is 3.37. The zero-order valence-electron chi connectivity index (χ0n) is 14.8. The molecule has 1 aliphatic rings. The molecule has 0 aliphatic carbocycles. The van der Waals surface area contributed by atoms with Crippen molar-refractivity contribution in [1.29, 1.82) is 0 Å². The Balaban J connectivity index is 1.37. The molecule has 0 saturated carbocycles. The second kappa shape index (κ2) is 7.75. The van der Waals surface area contributed by atoms with Gasteiger partial charge >= 0.3 is 0 Å². The molecule has 1 aliphatic heterocycles. The summed E-state index contributed by atoms with van der Waals surface area (Å²) in [5.41, 5.74) is 3.99. The van der Waals surface area contributed by atoms with Crippen LogP contribution in [0.2, 0.25) is 0 Å². The van der Waals surface area contributed by atoms with E-state index < -0.39 is 0 Å². The molecule has 1 amide bonds. The quantitative estimate of drug-likeness (QED) is 0.632. The minimum absolute atomic E-state index is 0.0683. The van der Waals surface area contributed by atoms with Gasteiger partial charge in [-0.25, -0.2) is 5.01 Å². The molecule has 0 fully saturated rings. The Morgan fingerprint density at radius 1 is 1.11 bits per heavy atom. The van der Waals surface area contributed by atoms with Crippen molar-refractivity contribution in [3.05, 3.63) is 65.7 Å². The highest BCUT2D eigenvalue weighted by atomic mass is 32.2. The third kappa shape index (κ3) is 4.09. The summed E-state index contributed by atoms with van der Waals surface area (Å²) >= 11 is 1.23. The smallest absolute Gasteiger partial charge is 0.277 e. The number of aryl methyl sites for hydroxylation is 1. The van der Waals surface area contributed by atoms with Gasteiger partial charge in [0.2, 0.25) is 5.89 Å². The number of carbonyl (C=O) groups is 1. The predicted molar refractivity (Wildman–Crippen MR) is 105 cm³/mol. The Morgan fingerprint density at radius 2 is 1.93 bits per heavy atom. The van der Waals surface area contributed by atoms with Gasteiger partial charge in [0.1, 0.15) is 0 Å². The SMILES string of the molecule is Cc1cccc(-c2nnc(SCC(=O)N3CCC(c4ccccc4)=N3)o2)c1. The molecule has 136 valence electrons. The molecule has 6 nitrogen and oxygen atoms in total. The predicted octanol–water partition coefficient (Wildman–Crippen LogP) is 3.77. The van der Waals surface area contributed by atoms with Crippen molar-refractivity contribution in [2.75, 3.05) is 12.3 Å². The van der Waals surface area contributed by atoms with Crippen LogP contribution in [-0.2, 0) is 4.79 Å². The summed E-state index contributed by atoms with van der Waals surface area (Å²) in [5.74, 6) is 0.599. The molecule has 2 heterocycles. The molecule has 4 rings (SSSR count). The summed E-state index contributed by atoms with van der Waals surface area (Å²) < 4.78 is 5.66. The first-order chi connectivity index (χ1) is 13.2. The zero-order chi connectivity index (χ0) is 18.6. The summed E-state index contributed by atoms with van der Waals surface area (Å²) in [4.78, 5) is 12.4. The van der Waals surface area contributed by atoms with Crippen LogP contribution in [0, 0.1) is 6.92 Å². The van der Waals surface area contributed by atoms with Gasteiger partial charge in [-0.05, 0) is 24.6 Å². The monoisotopic (exact) mass is 378 g/mol. The molecule has 27 heavy (non-hydrogen) atoms. The number of thioether (sulfide) groups is 1. The number of hydrazone groups is 1. The van der Waals surface area contributed by atoms with Crippen LogP contribution in [0.3, 0.4) is 0 Å². The first-order valence-electron chi connectivity index (χ1n) is 8.65. The Labute approximate surface area is 161 Å². The topological polar surface area (TPSA) is 71.6 Å². The van der Waals surface area contributed by atoms with Gasteiger partial charge in [-0.3, -0.25) is 4.79 Å². The van der Waals surface area contributed by atoms with E-state index in [1.54, 1.807) is 0 Å². The number of hydrogen-bond acceptors (Lipinski definition) is 6. The Bertz CT molecular complexity index is 984. The summed E-state index contributed by atoms with van der Waals surface area (Å²) in [5, 5.41) is 14.4. The largest absolute Gasteiger partial charge is 0.411 e. The van der Waals surface area contributed by atoms with Crippen LogP contribution in [0.25, 0.3) is 11.5 Å². The summed E-state index contributed by atoms with van der Waals surface area (Å²) in [6.45, 7) is 2.61. The summed E-state index contributed by atoms with van der Waals surface area (Å²) in [7, 11) is 0. The standard InChI is InChI=1S/C20H18N4O2S/c1-14-6-5-9-16(12-14)19-21-22-20(26-19)27-13-18(25)24-11-10-17(23-24)15-7-3-2-4-8-15/h2-9,12H,10-11,13H2,1H3. The van der Waals surface area contributed by atoms with Gasteiger partial charge in [0.15, 0.2) is 0 Å². The lowest BCUT2D eigenvalue weighted by atomic mass is 10.1. The van der Waals surface area contributed by atoms with Crippen LogP contribution in [0.4, 0.5) is 0 Å². The maximum Gasteiger partial charge on any atom is 0.277 e. The molecule has 7 heteroatoms. The number of hydrogen-bond donors (Lipinski definition) is 0. The molecule has 0 unspecified atom stereocenters. The maximum absolute atomic E-state index is 12.4. The van der Waals surface area contributed by atoms with Crippen molar-refractivity contribution in [3.63, 3.8) is 0 Å². The average molecular weight is 378 g/mol. The Kier molecular flexibility index (Phi) is 5.02. The van der Waals surface area contributed by atoms with Crippen molar-refractivity contribution in [3.8, 4) is 11.5 Å². The first-order valence-corrected chi connectivity index (χ1v) is 9.64. The van der Waals surface area contributed by atoms with E-state index >= 15 is 0 Å². The van der Waals surface area contributed by atoms with E-state index in [4.69, 9.17) is 4.42 Å². The fourth-order valence-corrected chi connectivity index (χ4v) is 3.46. The van der Waals surface area contributed by atoms with Crippen molar-refractivity contribution in [1.82, 2.24) is 15.2 Å². The summed E-state index contributed by atoms with van der Waals surface area (Å²) in [6, 6.07) is 17.8. The maximum atomic E-state index is 12.4. The van der Waals surface area contributed by atoms with E-state index in [0.29, 0.717) is 17.7 Å². The van der Waals surface area contributed by atoms with Crippen LogP contribution in [0.1, 0.15) is 17.5 Å². The molecular weight excluding hydrogens is 360 g/mol. The number of amides is 1. The van der Waals surface area contributed by atoms with Gasteiger partial charge < -0.3 is 4.42 Å². The molecule has 0 bridgehead atoms. The zero-order valence-corrected chi connectivity index (χ0v) is 15.6. The van der Waals surface area contributed by atoms with Crippen LogP contribution < -0.4 is 0 Å². The summed E-state index contributed by atoms with van der Waals surface area (Å²) in [6.07, 6.45) is 0.762. The second-order valence-corrected chi connectivity index (χ2v) is 7.14. The molecule has 1 aromatic heterocycles. The molecule has 0 spiro atoms. The number of aromatic nitrogens is 2. The molecule has 3 aromatic rings.